The van der Waals surface area contributed by atoms with Crippen molar-refractivity contribution in [2.24, 2.45) is 7.05 Å². The number of carbonyl (C=O) groups is 1. The lowest BCUT2D eigenvalue weighted by Gasteiger charge is -2.09. The molecule has 0 radical (unpaired) electrons. The quantitative estimate of drug-likeness (QED) is 0.618. The Bertz CT molecular complexity index is 1140. The largest absolute Gasteiger partial charge is 0.321 e. The molecule has 7 nitrogen and oxygen atoms in total. The second kappa shape index (κ2) is 6.29. The van der Waals surface area contributed by atoms with Gasteiger partial charge in [-0.25, -0.2) is 9.67 Å². The molecule has 2 aromatic heterocycles. The number of rotatable bonds is 3. The molecular weight excluding hydrogens is 330 g/mol. The fourth-order valence-corrected chi connectivity index (χ4v) is 2.79. The van der Waals surface area contributed by atoms with Gasteiger partial charge in [-0.2, -0.15) is 5.10 Å². The maximum Gasteiger partial charge on any atom is 0.276 e. The molecule has 0 fully saturated rings. The van der Waals surface area contributed by atoms with Crippen LogP contribution in [0.2, 0.25) is 0 Å². The first-order valence-corrected chi connectivity index (χ1v) is 7.99. The zero-order valence-electron chi connectivity index (χ0n) is 14.0. The molecule has 0 aliphatic heterocycles. The summed E-state index contributed by atoms with van der Waals surface area (Å²) >= 11 is 0. The number of hydrogen-bond acceptors (Lipinski definition) is 4. The first-order chi connectivity index (χ1) is 12.6. The molecule has 128 valence electrons. The predicted octanol–water partition coefficient (Wildman–Crippen LogP) is 2.37. The summed E-state index contributed by atoms with van der Waals surface area (Å²) in [6, 6.07) is 14.3. The molecule has 4 aromatic rings. The van der Waals surface area contributed by atoms with Crippen LogP contribution in [0.3, 0.4) is 0 Å². The fraction of sp³-hybridized carbons (Fsp3) is 0.0526. The Morgan fingerprint density at radius 1 is 1.04 bits per heavy atom. The normalized spacial score (nSPS) is 10.8. The van der Waals surface area contributed by atoms with Crippen molar-refractivity contribution >= 4 is 22.4 Å². The SMILES string of the molecule is Cn1nc(C(=O)Nc2ccc(-n3ccnc3)cc2)c2ccccc2c1=O. The van der Waals surface area contributed by atoms with E-state index in [9.17, 15) is 9.59 Å². The van der Waals surface area contributed by atoms with E-state index >= 15 is 0 Å². The third-order valence-electron chi connectivity index (χ3n) is 4.10. The highest BCUT2D eigenvalue weighted by Crippen LogP contribution is 2.17. The summed E-state index contributed by atoms with van der Waals surface area (Å²) < 4.78 is 3.05. The van der Waals surface area contributed by atoms with Crippen molar-refractivity contribution in [3.05, 3.63) is 83.3 Å². The zero-order chi connectivity index (χ0) is 18.1. The molecule has 4 rings (SSSR count). The molecule has 0 saturated carbocycles. The molecule has 2 heterocycles. The second-order valence-corrected chi connectivity index (χ2v) is 5.79. The molecule has 0 atom stereocenters. The molecular formula is C19H15N5O2. The number of anilines is 1. The van der Waals surface area contributed by atoms with Crippen LogP contribution in [0.15, 0.2) is 72.0 Å². The average Bonchev–Trinajstić information content (AvgIpc) is 3.20. The molecule has 0 saturated heterocycles. The Balaban J connectivity index is 1.66. The van der Waals surface area contributed by atoms with Crippen LogP contribution in [0.4, 0.5) is 5.69 Å². The van der Waals surface area contributed by atoms with Crippen LogP contribution in [-0.2, 0) is 7.05 Å². The number of nitrogens with zero attached hydrogens (tertiary/aromatic N) is 4. The van der Waals surface area contributed by atoms with E-state index < -0.39 is 0 Å². The van der Waals surface area contributed by atoms with E-state index in [4.69, 9.17) is 0 Å². The summed E-state index contributed by atoms with van der Waals surface area (Å²) in [7, 11) is 1.53. The van der Waals surface area contributed by atoms with Gasteiger partial charge in [0.15, 0.2) is 5.69 Å². The Hall–Kier alpha value is -3.74. The van der Waals surface area contributed by atoms with Gasteiger partial charge >= 0.3 is 0 Å². The Labute approximate surface area is 148 Å². The van der Waals surface area contributed by atoms with Crippen molar-refractivity contribution in [1.82, 2.24) is 19.3 Å². The molecule has 1 amide bonds. The van der Waals surface area contributed by atoms with Gasteiger partial charge in [0, 0.05) is 36.2 Å². The number of hydrogen-bond donors (Lipinski definition) is 1. The van der Waals surface area contributed by atoms with E-state index in [1.165, 1.54) is 11.7 Å². The van der Waals surface area contributed by atoms with Crippen LogP contribution in [-0.4, -0.2) is 25.2 Å². The number of fused-ring (bicyclic) bond motifs is 1. The molecule has 7 heteroatoms. The van der Waals surface area contributed by atoms with Crippen LogP contribution in [0, 0.1) is 0 Å². The smallest absolute Gasteiger partial charge is 0.276 e. The number of amides is 1. The van der Waals surface area contributed by atoms with Gasteiger partial charge in [0.05, 0.1) is 11.7 Å². The number of imidazole rings is 1. The number of benzene rings is 2. The minimum Gasteiger partial charge on any atom is -0.321 e. The van der Waals surface area contributed by atoms with Crippen molar-refractivity contribution < 1.29 is 4.79 Å². The van der Waals surface area contributed by atoms with E-state index in [1.807, 2.05) is 22.9 Å². The van der Waals surface area contributed by atoms with E-state index in [1.54, 1.807) is 48.9 Å². The molecule has 1 N–H and O–H groups in total. The molecule has 26 heavy (non-hydrogen) atoms. The minimum absolute atomic E-state index is 0.210. The van der Waals surface area contributed by atoms with E-state index in [0.29, 0.717) is 16.5 Å². The van der Waals surface area contributed by atoms with Gasteiger partial charge in [0.2, 0.25) is 0 Å². The van der Waals surface area contributed by atoms with E-state index in [0.717, 1.165) is 5.69 Å². The molecule has 0 unspecified atom stereocenters. The summed E-state index contributed by atoms with van der Waals surface area (Å²) in [5, 5.41) is 7.96. The van der Waals surface area contributed by atoms with Gasteiger partial charge in [0.1, 0.15) is 0 Å². The van der Waals surface area contributed by atoms with Gasteiger partial charge in [0.25, 0.3) is 11.5 Å². The van der Waals surface area contributed by atoms with Crippen molar-refractivity contribution in [2.75, 3.05) is 5.32 Å². The number of aromatic nitrogens is 4. The molecule has 0 bridgehead atoms. The van der Waals surface area contributed by atoms with Crippen LogP contribution in [0.1, 0.15) is 10.5 Å². The lowest BCUT2D eigenvalue weighted by Crippen LogP contribution is -2.25. The number of nitrogens with one attached hydrogen (secondary N) is 1. The Morgan fingerprint density at radius 3 is 2.46 bits per heavy atom. The predicted molar refractivity (Wildman–Crippen MR) is 98.5 cm³/mol. The lowest BCUT2D eigenvalue weighted by atomic mass is 10.1. The Kier molecular flexibility index (Phi) is 3.81. The van der Waals surface area contributed by atoms with Gasteiger partial charge in [-0.3, -0.25) is 9.59 Å². The number of aryl methyl sites for hydroxylation is 1. The summed E-state index contributed by atoms with van der Waals surface area (Å²) in [4.78, 5) is 28.9. The fourth-order valence-electron chi connectivity index (χ4n) is 2.79. The highest BCUT2D eigenvalue weighted by molar-refractivity contribution is 6.11. The molecule has 0 aliphatic rings. The van der Waals surface area contributed by atoms with Gasteiger partial charge in [-0.05, 0) is 30.3 Å². The minimum atomic E-state index is -0.368. The highest BCUT2D eigenvalue weighted by atomic mass is 16.2. The zero-order valence-corrected chi connectivity index (χ0v) is 14.0. The second-order valence-electron chi connectivity index (χ2n) is 5.79. The highest BCUT2D eigenvalue weighted by Gasteiger charge is 2.15. The van der Waals surface area contributed by atoms with Crippen molar-refractivity contribution in [3.63, 3.8) is 0 Å². The maximum atomic E-state index is 12.7. The average molecular weight is 345 g/mol. The molecule has 0 spiro atoms. The van der Waals surface area contributed by atoms with Crippen molar-refractivity contribution in [3.8, 4) is 5.69 Å². The molecule has 0 aliphatic carbocycles. The summed E-state index contributed by atoms with van der Waals surface area (Å²) in [6.45, 7) is 0. The van der Waals surface area contributed by atoms with Crippen LogP contribution < -0.4 is 10.9 Å². The van der Waals surface area contributed by atoms with Crippen molar-refractivity contribution in [1.29, 1.82) is 0 Å². The van der Waals surface area contributed by atoms with E-state index in [2.05, 4.69) is 15.4 Å². The maximum absolute atomic E-state index is 12.7. The summed E-state index contributed by atoms with van der Waals surface area (Å²) in [5.74, 6) is -0.368. The summed E-state index contributed by atoms with van der Waals surface area (Å²) in [5.41, 5.74) is 1.55. The third kappa shape index (κ3) is 2.75. The monoisotopic (exact) mass is 345 g/mol. The number of carbonyl (C=O) groups excluding carboxylic acids is 1. The lowest BCUT2D eigenvalue weighted by molar-refractivity contribution is 0.102. The Morgan fingerprint density at radius 2 is 1.77 bits per heavy atom. The third-order valence-corrected chi connectivity index (χ3v) is 4.10. The van der Waals surface area contributed by atoms with E-state index in [-0.39, 0.29) is 17.2 Å². The first kappa shape index (κ1) is 15.8. The summed E-state index contributed by atoms with van der Waals surface area (Å²) in [6.07, 6.45) is 5.24. The van der Waals surface area contributed by atoms with Gasteiger partial charge < -0.3 is 9.88 Å². The van der Waals surface area contributed by atoms with Crippen LogP contribution >= 0.6 is 0 Å². The van der Waals surface area contributed by atoms with Gasteiger partial charge in [-0.15, -0.1) is 0 Å². The van der Waals surface area contributed by atoms with Crippen LogP contribution in [0.5, 0.6) is 0 Å². The first-order valence-electron chi connectivity index (χ1n) is 7.99. The molecule has 2 aromatic carbocycles. The van der Waals surface area contributed by atoms with Crippen LogP contribution in [0.25, 0.3) is 16.5 Å². The van der Waals surface area contributed by atoms with Gasteiger partial charge in [-0.1, -0.05) is 18.2 Å². The van der Waals surface area contributed by atoms with Crippen molar-refractivity contribution in [2.45, 2.75) is 0 Å². The standard InChI is InChI=1S/C19H15N5O2/c1-23-19(26)16-5-3-2-4-15(16)17(22-23)18(25)21-13-6-8-14(9-7-13)24-11-10-20-12-24/h2-12H,1H3,(H,21,25). The topological polar surface area (TPSA) is 81.8 Å².